The fourth-order valence-electron chi connectivity index (χ4n) is 2.52. The van der Waals surface area contributed by atoms with Crippen molar-refractivity contribution in [3.63, 3.8) is 0 Å². The number of aryl methyl sites for hydroxylation is 2. The first kappa shape index (κ1) is 12.2. The summed E-state index contributed by atoms with van der Waals surface area (Å²) < 4.78 is 1.84. The molecular formula is C13H21N3O. The van der Waals surface area contributed by atoms with Crippen molar-refractivity contribution in [2.45, 2.75) is 45.6 Å². The fourth-order valence-corrected chi connectivity index (χ4v) is 2.52. The first-order valence-electron chi connectivity index (χ1n) is 6.31. The molecule has 1 fully saturated rings. The van der Waals surface area contributed by atoms with E-state index in [0.29, 0.717) is 0 Å². The van der Waals surface area contributed by atoms with E-state index < -0.39 is 0 Å². The molecule has 0 bridgehead atoms. The van der Waals surface area contributed by atoms with Gasteiger partial charge >= 0.3 is 0 Å². The number of rotatable bonds is 2. The van der Waals surface area contributed by atoms with E-state index in [1.54, 1.807) is 0 Å². The summed E-state index contributed by atoms with van der Waals surface area (Å²) in [5.74, 6) is 0.0181. The van der Waals surface area contributed by atoms with Gasteiger partial charge in [0.25, 0.3) is 0 Å². The van der Waals surface area contributed by atoms with Gasteiger partial charge in [0.15, 0.2) is 0 Å². The first-order valence-corrected chi connectivity index (χ1v) is 6.31. The standard InChI is InChI=1S/C13H21N3O/c1-9-7-8-10(2)16(9)15-13(17)11-5-3-4-6-12(11)14/h7-8,11-12H,3-6,14H2,1-2H3,(H,15,17). The molecule has 2 atom stereocenters. The van der Waals surface area contributed by atoms with Crippen LogP contribution in [0.4, 0.5) is 0 Å². The fraction of sp³-hybridized carbons (Fsp3) is 0.615. The minimum Gasteiger partial charge on any atom is -0.327 e. The van der Waals surface area contributed by atoms with Crippen LogP contribution in [0.25, 0.3) is 0 Å². The Morgan fingerprint density at radius 3 is 2.47 bits per heavy atom. The van der Waals surface area contributed by atoms with Crippen molar-refractivity contribution in [1.82, 2.24) is 4.68 Å². The minimum atomic E-state index is -0.0371. The van der Waals surface area contributed by atoms with Crippen LogP contribution >= 0.6 is 0 Å². The van der Waals surface area contributed by atoms with Crippen LogP contribution in [0.5, 0.6) is 0 Å². The molecule has 3 N–H and O–H groups in total. The van der Waals surface area contributed by atoms with Gasteiger partial charge in [0, 0.05) is 17.4 Å². The molecular weight excluding hydrogens is 214 g/mol. The third-order valence-corrected chi connectivity index (χ3v) is 3.65. The summed E-state index contributed by atoms with van der Waals surface area (Å²) in [7, 11) is 0. The highest BCUT2D eigenvalue weighted by Crippen LogP contribution is 2.23. The number of carbonyl (C=O) groups excluding carboxylic acids is 1. The largest absolute Gasteiger partial charge is 0.327 e. The summed E-state index contributed by atoms with van der Waals surface area (Å²) in [5, 5.41) is 0. The average Bonchev–Trinajstić information content (AvgIpc) is 2.61. The number of nitrogens with one attached hydrogen (secondary N) is 1. The molecule has 2 unspecified atom stereocenters. The van der Waals surface area contributed by atoms with E-state index in [2.05, 4.69) is 5.43 Å². The van der Waals surface area contributed by atoms with Gasteiger partial charge in [0.2, 0.25) is 5.91 Å². The topological polar surface area (TPSA) is 60.0 Å². The molecule has 1 saturated carbocycles. The molecule has 1 heterocycles. The summed E-state index contributed by atoms with van der Waals surface area (Å²) in [5.41, 5.74) is 11.1. The van der Waals surface area contributed by atoms with Gasteiger partial charge in [0.05, 0.1) is 5.92 Å². The van der Waals surface area contributed by atoms with E-state index in [9.17, 15) is 4.79 Å². The van der Waals surface area contributed by atoms with E-state index in [1.807, 2.05) is 30.7 Å². The maximum Gasteiger partial charge on any atom is 0.243 e. The van der Waals surface area contributed by atoms with E-state index in [1.165, 1.54) is 0 Å². The van der Waals surface area contributed by atoms with Gasteiger partial charge in [-0.25, -0.2) is 0 Å². The molecule has 17 heavy (non-hydrogen) atoms. The number of aromatic nitrogens is 1. The lowest BCUT2D eigenvalue weighted by atomic mass is 9.84. The van der Waals surface area contributed by atoms with Crippen molar-refractivity contribution in [2.75, 3.05) is 5.43 Å². The second kappa shape index (κ2) is 4.92. The van der Waals surface area contributed by atoms with Crippen molar-refractivity contribution < 1.29 is 4.79 Å². The SMILES string of the molecule is Cc1ccc(C)n1NC(=O)C1CCCCC1N. The third-order valence-electron chi connectivity index (χ3n) is 3.65. The van der Waals surface area contributed by atoms with Crippen LogP contribution in [-0.2, 0) is 4.79 Å². The van der Waals surface area contributed by atoms with Crippen molar-refractivity contribution >= 4 is 5.91 Å². The number of nitrogens with two attached hydrogens (primary N) is 1. The van der Waals surface area contributed by atoms with Crippen LogP contribution < -0.4 is 11.2 Å². The van der Waals surface area contributed by atoms with Crippen LogP contribution in [0.2, 0.25) is 0 Å². The Morgan fingerprint density at radius 1 is 1.29 bits per heavy atom. The molecule has 0 aliphatic heterocycles. The minimum absolute atomic E-state index is 0.0138. The summed E-state index contributed by atoms with van der Waals surface area (Å²) >= 11 is 0. The lowest BCUT2D eigenvalue weighted by Gasteiger charge is -2.28. The Balaban J connectivity index is 2.06. The highest BCUT2D eigenvalue weighted by Gasteiger charge is 2.28. The molecule has 0 radical (unpaired) electrons. The zero-order valence-corrected chi connectivity index (χ0v) is 10.6. The van der Waals surface area contributed by atoms with Crippen LogP contribution in [0.3, 0.4) is 0 Å². The van der Waals surface area contributed by atoms with Gasteiger partial charge in [-0.05, 0) is 38.8 Å². The summed E-state index contributed by atoms with van der Waals surface area (Å²) in [6, 6.07) is 4.01. The number of hydrogen-bond donors (Lipinski definition) is 2. The Morgan fingerprint density at radius 2 is 1.88 bits per heavy atom. The monoisotopic (exact) mass is 235 g/mol. The molecule has 1 amide bonds. The molecule has 0 aromatic carbocycles. The number of amides is 1. The van der Waals surface area contributed by atoms with Crippen LogP contribution in [0.15, 0.2) is 12.1 Å². The van der Waals surface area contributed by atoms with Crippen molar-refractivity contribution in [3.05, 3.63) is 23.5 Å². The lowest BCUT2D eigenvalue weighted by Crippen LogP contribution is -2.43. The van der Waals surface area contributed by atoms with Gasteiger partial charge in [-0.1, -0.05) is 12.8 Å². The summed E-state index contributed by atoms with van der Waals surface area (Å²) in [6.07, 6.45) is 4.12. The molecule has 1 aromatic rings. The van der Waals surface area contributed by atoms with Crippen molar-refractivity contribution in [2.24, 2.45) is 11.7 Å². The highest BCUT2D eigenvalue weighted by molar-refractivity contribution is 5.86. The van der Waals surface area contributed by atoms with E-state index in [4.69, 9.17) is 5.73 Å². The van der Waals surface area contributed by atoms with Gasteiger partial charge < -0.3 is 5.73 Å². The Labute approximate surface area is 102 Å². The summed E-state index contributed by atoms with van der Waals surface area (Å²) in [6.45, 7) is 3.96. The molecule has 94 valence electrons. The molecule has 0 spiro atoms. The van der Waals surface area contributed by atoms with E-state index in [-0.39, 0.29) is 17.9 Å². The van der Waals surface area contributed by atoms with Gasteiger partial charge in [-0.3, -0.25) is 14.9 Å². The zero-order chi connectivity index (χ0) is 12.4. The second-order valence-electron chi connectivity index (χ2n) is 4.98. The normalized spacial score (nSPS) is 24.6. The Kier molecular flexibility index (Phi) is 3.52. The number of carbonyl (C=O) groups is 1. The van der Waals surface area contributed by atoms with E-state index >= 15 is 0 Å². The van der Waals surface area contributed by atoms with Gasteiger partial charge in [-0.15, -0.1) is 0 Å². The molecule has 1 aromatic heterocycles. The van der Waals surface area contributed by atoms with Gasteiger partial charge in [0.1, 0.15) is 0 Å². The predicted molar refractivity (Wildman–Crippen MR) is 68.2 cm³/mol. The molecule has 1 aliphatic carbocycles. The molecule has 2 rings (SSSR count). The first-order chi connectivity index (χ1) is 8.09. The summed E-state index contributed by atoms with van der Waals surface area (Å²) in [4.78, 5) is 12.2. The van der Waals surface area contributed by atoms with Crippen molar-refractivity contribution in [1.29, 1.82) is 0 Å². The molecule has 4 heteroatoms. The second-order valence-corrected chi connectivity index (χ2v) is 4.98. The average molecular weight is 235 g/mol. The highest BCUT2D eigenvalue weighted by atomic mass is 16.2. The smallest absolute Gasteiger partial charge is 0.243 e. The maximum atomic E-state index is 12.2. The Bertz CT molecular complexity index is 391. The number of hydrogen-bond acceptors (Lipinski definition) is 2. The van der Waals surface area contributed by atoms with Crippen LogP contribution in [0, 0.1) is 19.8 Å². The third kappa shape index (κ3) is 2.52. The maximum absolute atomic E-state index is 12.2. The zero-order valence-electron chi connectivity index (χ0n) is 10.6. The molecule has 1 aliphatic rings. The number of nitrogens with zero attached hydrogens (tertiary/aromatic N) is 1. The molecule has 0 saturated heterocycles. The quantitative estimate of drug-likeness (QED) is 0.819. The van der Waals surface area contributed by atoms with Crippen LogP contribution in [-0.4, -0.2) is 16.6 Å². The molecule has 4 nitrogen and oxygen atoms in total. The van der Waals surface area contributed by atoms with E-state index in [0.717, 1.165) is 37.1 Å². The van der Waals surface area contributed by atoms with Crippen LogP contribution in [0.1, 0.15) is 37.1 Å². The lowest BCUT2D eigenvalue weighted by molar-refractivity contribution is -0.122. The Hall–Kier alpha value is -1.29. The van der Waals surface area contributed by atoms with Gasteiger partial charge in [-0.2, -0.15) is 0 Å². The predicted octanol–water partition coefficient (Wildman–Crippen LogP) is 1.69. The van der Waals surface area contributed by atoms with Crippen molar-refractivity contribution in [3.8, 4) is 0 Å².